The molecule has 0 aliphatic rings. The molecule has 0 unspecified atom stereocenters. The number of methoxy groups -OCH3 is 1. The van der Waals surface area contributed by atoms with E-state index in [2.05, 4.69) is 9.97 Å². The highest BCUT2D eigenvalue weighted by Crippen LogP contribution is 2.29. The molecule has 0 fully saturated rings. The number of rotatable bonds is 4. The number of ether oxygens (including phenoxy) is 2. The highest BCUT2D eigenvalue weighted by molar-refractivity contribution is 6.30. The number of carbonyl (C=O) groups excluding carboxylic acids is 1. The summed E-state index contributed by atoms with van der Waals surface area (Å²) in [6.45, 7) is 0.365. The van der Waals surface area contributed by atoms with Gasteiger partial charge in [0.15, 0.2) is 0 Å². The van der Waals surface area contributed by atoms with Crippen molar-refractivity contribution in [3.05, 3.63) is 41.3 Å². The van der Waals surface area contributed by atoms with Gasteiger partial charge in [0, 0.05) is 31.1 Å². The van der Waals surface area contributed by atoms with E-state index in [-0.39, 0.29) is 5.75 Å². The standard InChI is InChI=1S/C13H12ClN3O3/c1-19-7-8-2-3-10(17-12(8)14)9-6-16-5-4-11(9)20-13(15)18/h2-6H,7H2,1H3,(H2,15,18). The summed E-state index contributed by atoms with van der Waals surface area (Å²) in [7, 11) is 1.57. The molecule has 0 saturated carbocycles. The predicted molar refractivity (Wildman–Crippen MR) is 73.4 cm³/mol. The number of primary amides is 1. The molecule has 0 aliphatic carbocycles. The number of nitrogens with two attached hydrogens (primary N) is 1. The molecule has 1 amide bonds. The zero-order valence-electron chi connectivity index (χ0n) is 10.7. The Kier molecular flexibility index (Phi) is 4.49. The molecule has 0 aliphatic heterocycles. The van der Waals surface area contributed by atoms with Crippen LogP contribution < -0.4 is 10.5 Å². The fourth-order valence-corrected chi connectivity index (χ4v) is 1.86. The molecule has 2 rings (SSSR count). The van der Waals surface area contributed by atoms with Crippen molar-refractivity contribution in [1.29, 1.82) is 0 Å². The Morgan fingerprint density at radius 3 is 2.85 bits per heavy atom. The second-order valence-electron chi connectivity index (χ2n) is 3.87. The summed E-state index contributed by atoms with van der Waals surface area (Å²) in [5.74, 6) is 0.274. The van der Waals surface area contributed by atoms with E-state index >= 15 is 0 Å². The minimum atomic E-state index is -0.903. The fourth-order valence-electron chi connectivity index (χ4n) is 1.65. The lowest BCUT2D eigenvalue weighted by Crippen LogP contribution is -2.16. The lowest BCUT2D eigenvalue weighted by atomic mass is 10.1. The van der Waals surface area contributed by atoms with Crippen molar-refractivity contribution in [1.82, 2.24) is 9.97 Å². The number of halogens is 1. The van der Waals surface area contributed by atoms with Gasteiger partial charge in [-0.3, -0.25) is 4.98 Å². The largest absolute Gasteiger partial charge is 0.410 e. The number of hydrogen-bond donors (Lipinski definition) is 1. The molecule has 104 valence electrons. The number of carbonyl (C=O) groups is 1. The minimum Gasteiger partial charge on any atom is -0.410 e. The van der Waals surface area contributed by atoms with Gasteiger partial charge in [0.2, 0.25) is 0 Å². The highest BCUT2D eigenvalue weighted by atomic mass is 35.5. The summed E-state index contributed by atoms with van der Waals surface area (Å²) >= 11 is 6.07. The van der Waals surface area contributed by atoms with Gasteiger partial charge < -0.3 is 15.2 Å². The van der Waals surface area contributed by atoms with Crippen molar-refractivity contribution in [3.63, 3.8) is 0 Å². The third-order valence-electron chi connectivity index (χ3n) is 2.49. The van der Waals surface area contributed by atoms with Crippen LogP contribution in [0, 0.1) is 0 Å². The normalized spacial score (nSPS) is 10.3. The van der Waals surface area contributed by atoms with E-state index in [0.29, 0.717) is 23.0 Å². The third-order valence-corrected chi connectivity index (χ3v) is 2.82. The van der Waals surface area contributed by atoms with Gasteiger partial charge in [-0.1, -0.05) is 17.7 Å². The Labute approximate surface area is 120 Å². The van der Waals surface area contributed by atoms with E-state index < -0.39 is 6.09 Å². The smallest absolute Gasteiger partial charge is 0.409 e. The first-order valence-electron chi connectivity index (χ1n) is 5.68. The van der Waals surface area contributed by atoms with E-state index in [0.717, 1.165) is 5.56 Å². The Bertz CT molecular complexity index is 634. The number of nitrogens with zero attached hydrogens (tertiary/aromatic N) is 2. The van der Waals surface area contributed by atoms with Crippen LogP contribution in [0.15, 0.2) is 30.6 Å². The second kappa shape index (κ2) is 6.31. The summed E-state index contributed by atoms with van der Waals surface area (Å²) in [6, 6.07) is 5.05. The van der Waals surface area contributed by atoms with Gasteiger partial charge in [-0.15, -0.1) is 0 Å². The van der Waals surface area contributed by atoms with Gasteiger partial charge in [0.1, 0.15) is 10.9 Å². The fraction of sp³-hybridized carbons (Fsp3) is 0.154. The van der Waals surface area contributed by atoms with Crippen molar-refractivity contribution >= 4 is 17.7 Å². The average molecular weight is 294 g/mol. The summed E-state index contributed by atoms with van der Waals surface area (Å²) in [5, 5.41) is 0.318. The van der Waals surface area contributed by atoms with Crippen molar-refractivity contribution in [2.24, 2.45) is 5.73 Å². The summed E-state index contributed by atoms with van der Waals surface area (Å²) < 4.78 is 9.92. The van der Waals surface area contributed by atoms with Crippen LogP contribution in [0.3, 0.4) is 0 Å². The van der Waals surface area contributed by atoms with Crippen molar-refractivity contribution in [2.75, 3.05) is 7.11 Å². The van der Waals surface area contributed by atoms with Gasteiger partial charge in [0.05, 0.1) is 17.9 Å². The molecule has 20 heavy (non-hydrogen) atoms. The molecule has 0 saturated heterocycles. The van der Waals surface area contributed by atoms with Crippen LogP contribution >= 0.6 is 11.6 Å². The van der Waals surface area contributed by atoms with Gasteiger partial charge in [-0.05, 0) is 6.07 Å². The van der Waals surface area contributed by atoms with Crippen LogP contribution in [0.4, 0.5) is 4.79 Å². The summed E-state index contributed by atoms with van der Waals surface area (Å²) in [5.41, 5.74) is 6.84. The summed E-state index contributed by atoms with van der Waals surface area (Å²) in [6.07, 6.45) is 2.11. The molecule has 0 spiro atoms. The molecule has 2 aromatic heterocycles. The van der Waals surface area contributed by atoms with Crippen molar-refractivity contribution in [3.8, 4) is 17.0 Å². The Balaban J connectivity index is 2.41. The quantitative estimate of drug-likeness (QED) is 0.875. The molecular weight excluding hydrogens is 282 g/mol. The monoisotopic (exact) mass is 293 g/mol. The number of pyridine rings is 2. The average Bonchev–Trinajstić information content (AvgIpc) is 2.41. The van der Waals surface area contributed by atoms with Crippen molar-refractivity contribution < 1.29 is 14.3 Å². The molecule has 0 atom stereocenters. The van der Waals surface area contributed by atoms with E-state index in [1.54, 1.807) is 19.2 Å². The molecule has 6 nitrogen and oxygen atoms in total. The van der Waals surface area contributed by atoms with E-state index in [4.69, 9.17) is 26.8 Å². The van der Waals surface area contributed by atoms with Gasteiger partial charge >= 0.3 is 6.09 Å². The molecule has 2 aromatic rings. The minimum absolute atomic E-state index is 0.274. The predicted octanol–water partition coefficient (Wildman–Crippen LogP) is 2.40. The summed E-state index contributed by atoms with van der Waals surface area (Å²) in [4.78, 5) is 19.1. The van der Waals surface area contributed by atoms with Gasteiger partial charge in [-0.25, -0.2) is 9.78 Å². The molecule has 7 heteroatoms. The SMILES string of the molecule is COCc1ccc(-c2cnccc2OC(N)=O)nc1Cl. The van der Waals surface area contributed by atoms with Crippen molar-refractivity contribution in [2.45, 2.75) is 6.61 Å². The van der Waals surface area contributed by atoms with Gasteiger partial charge in [-0.2, -0.15) is 0 Å². The van der Waals surface area contributed by atoms with Gasteiger partial charge in [0.25, 0.3) is 0 Å². The van der Waals surface area contributed by atoms with E-state index in [1.165, 1.54) is 18.5 Å². The Morgan fingerprint density at radius 1 is 1.40 bits per heavy atom. The number of amides is 1. The first-order valence-corrected chi connectivity index (χ1v) is 6.05. The van der Waals surface area contributed by atoms with Crippen LogP contribution in [0.1, 0.15) is 5.56 Å². The first kappa shape index (κ1) is 14.2. The molecular formula is C13H12ClN3O3. The van der Waals surface area contributed by atoms with Crippen LogP contribution in [0.5, 0.6) is 5.75 Å². The van der Waals surface area contributed by atoms with E-state index in [9.17, 15) is 4.79 Å². The third kappa shape index (κ3) is 3.23. The first-order chi connectivity index (χ1) is 9.61. The molecule has 2 N–H and O–H groups in total. The molecule has 0 radical (unpaired) electrons. The van der Waals surface area contributed by atoms with Crippen LogP contribution in [0.2, 0.25) is 5.15 Å². The maximum absolute atomic E-state index is 10.9. The second-order valence-corrected chi connectivity index (χ2v) is 4.23. The Hall–Kier alpha value is -2.18. The highest BCUT2D eigenvalue weighted by Gasteiger charge is 2.12. The number of aromatic nitrogens is 2. The molecule has 0 aromatic carbocycles. The molecule has 2 heterocycles. The van der Waals surface area contributed by atoms with Crippen LogP contribution in [0.25, 0.3) is 11.3 Å². The lowest BCUT2D eigenvalue weighted by molar-refractivity contribution is 0.184. The zero-order chi connectivity index (χ0) is 14.5. The lowest BCUT2D eigenvalue weighted by Gasteiger charge is -2.09. The number of hydrogen-bond acceptors (Lipinski definition) is 5. The maximum Gasteiger partial charge on any atom is 0.409 e. The topological polar surface area (TPSA) is 87.3 Å². The molecule has 0 bridgehead atoms. The van der Waals surface area contributed by atoms with E-state index in [1.807, 2.05) is 0 Å². The maximum atomic E-state index is 10.9. The van der Waals surface area contributed by atoms with Crippen LogP contribution in [-0.4, -0.2) is 23.2 Å². The van der Waals surface area contributed by atoms with Crippen LogP contribution in [-0.2, 0) is 11.3 Å². The zero-order valence-corrected chi connectivity index (χ0v) is 11.4. The Morgan fingerprint density at radius 2 is 2.20 bits per heavy atom.